The summed E-state index contributed by atoms with van der Waals surface area (Å²) in [4.78, 5) is 26.9. The molecule has 1 fully saturated rings. The Labute approximate surface area is 166 Å². The summed E-state index contributed by atoms with van der Waals surface area (Å²) >= 11 is 0. The average molecular weight is 381 g/mol. The number of nitrogens with zero attached hydrogens (tertiary/aromatic N) is 1. The Morgan fingerprint density at radius 2 is 1.64 bits per heavy atom. The molecular weight excluding hydrogens is 354 g/mol. The zero-order chi connectivity index (χ0) is 19.8. The number of ketones is 1. The van der Waals surface area contributed by atoms with Gasteiger partial charge in [0.05, 0.1) is 13.7 Å². The van der Waals surface area contributed by atoms with Crippen molar-refractivity contribution < 1.29 is 19.1 Å². The third-order valence-electron chi connectivity index (χ3n) is 5.14. The molecule has 0 radical (unpaired) electrons. The lowest BCUT2D eigenvalue weighted by atomic mass is 9.88. The molecule has 1 saturated heterocycles. The summed E-state index contributed by atoms with van der Waals surface area (Å²) in [6.07, 6.45) is 2.61. The lowest BCUT2D eigenvalue weighted by molar-refractivity contribution is -0.132. The van der Waals surface area contributed by atoms with Crippen molar-refractivity contribution in [3.63, 3.8) is 0 Å². The summed E-state index contributed by atoms with van der Waals surface area (Å²) in [5, 5.41) is 0. The van der Waals surface area contributed by atoms with Gasteiger partial charge in [0.1, 0.15) is 11.5 Å². The van der Waals surface area contributed by atoms with Gasteiger partial charge < -0.3 is 14.4 Å². The van der Waals surface area contributed by atoms with Crippen molar-refractivity contribution in [3.05, 3.63) is 60.2 Å². The molecule has 0 atom stereocenters. The van der Waals surface area contributed by atoms with Gasteiger partial charge in [-0.05, 0) is 55.7 Å². The van der Waals surface area contributed by atoms with Crippen LogP contribution in [0, 0.1) is 5.92 Å². The predicted octanol–water partition coefficient (Wildman–Crippen LogP) is 3.98. The standard InChI is InChI=1S/C23H27NO4/c1-27-20-11-9-18(10-12-20)23(26)19-13-15-24(16-14-19)22(25)8-5-17-28-21-6-3-2-4-7-21/h2-4,6-7,9-12,19H,5,8,13-17H2,1H3. The van der Waals surface area contributed by atoms with Crippen LogP contribution in [0.5, 0.6) is 11.5 Å². The summed E-state index contributed by atoms with van der Waals surface area (Å²) in [7, 11) is 1.61. The number of hydrogen-bond donors (Lipinski definition) is 0. The van der Waals surface area contributed by atoms with Gasteiger partial charge in [-0.2, -0.15) is 0 Å². The maximum absolute atomic E-state index is 12.7. The van der Waals surface area contributed by atoms with Crippen LogP contribution in [0.1, 0.15) is 36.0 Å². The van der Waals surface area contributed by atoms with E-state index in [1.165, 1.54) is 0 Å². The Kier molecular flexibility index (Phi) is 7.06. The number of carbonyl (C=O) groups is 2. The predicted molar refractivity (Wildman–Crippen MR) is 108 cm³/mol. The van der Waals surface area contributed by atoms with Crippen molar-refractivity contribution in [2.75, 3.05) is 26.8 Å². The van der Waals surface area contributed by atoms with Crippen molar-refractivity contribution in [2.24, 2.45) is 5.92 Å². The Bertz CT molecular complexity index is 765. The van der Waals surface area contributed by atoms with Gasteiger partial charge in [-0.15, -0.1) is 0 Å². The molecule has 5 heteroatoms. The van der Waals surface area contributed by atoms with Gasteiger partial charge in [-0.25, -0.2) is 0 Å². The van der Waals surface area contributed by atoms with Crippen LogP contribution in [-0.4, -0.2) is 43.4 Å². The van der Waals surface area contributed by atoms with Crippen LogP contribution < -0.4 is 9.47 Å². The smallest absolute Gasteiger partial charge is 0.222 e. The second-order valence-corrected chi connectivity index (χ2v) is 7.01. The fourth-order valence-corrected chi connectivity index (χ4v) is 3.47. The van der Waals surface area contributed by atoms with E-state index in [-0.39, 0.29) is 17.6 Å². The molecule has 0 aromatic heterocycles. The molecule has 0 aliphatic carbocycles. The van der Waals surface area contributed by atoms with Crippen LogP contribution in [0.4, 0.5) is 0 Å². The quantitative estimate of drug-likeness (QED) is 0.513. The molecule has 1 heterocycles. The van der Waals surface area contributed by atoms with E-state index in [1.54, 1.807) is 7.11 Å². The SMILES string of the molecule is COc1ccc(C(=O)C2CCN(C(=O)CCCOc3ccccc3)CC2)cc1. The zero-order valence-corrected chi connectivity index (χ0v) is 16.3. The van der Waals surface area contributed by atoms with Crippen LogP contribution >= 0.6 is 0 Å². The number of rotatable bonds is 8. The van der Waals surface area contributed by atoms with Gasteiger partial charge >= 0.3 is 0 Å². The minimum absolute atomic E-state index is 0.0149. The van der Waals surface area contributed by atoms with E-state index in [4.69, 9.17) is 9.47 Å². The van der Waals surface area contributed by atoms with Crippen molar-refractivity contribution in [1.82, 2.24) is 4.90 Å². The monoisotopic (exact) mass is 381 g/mol. The van der Waals surface area contributed by atoms with Crippen LogP contribution in [0.15, 0.2) is 54.6 Å². The van der Waals surface area contributed by atoms with Crippen LogP contribution in [0.25, 0.3) is 0 Å². The number of hydrogen-bond acceptors (Lipinski definition) is 4. The molecule has 28 heavy (non-hydrogen) atoms. The fourth-order valence-electron chi connectivity index (χ4n) is 3.47. The number of Topliss-reactive ketones (excluding diaryl/α,β-unsaturated/α-hetero) is 1. The van der Waals surface area contributed by atoms with Crippen molar-refractivity contribution >= 4 is 11.7 Å². The van der Waals surface area contributed by atoms with E-state index in [0.29, 0.717) is 38.1 Å². The highest BCUT2D eigenvalue weighted by Gasteiger charge is 2.27. The summed E-state index contributed by atoms with van der Waals surface area (Å²) in [6, 6.07) is 16.9. The van der Waals surface area contributed by atoms with Gasteiger partial charge in [0.25, 0.3) is 0 Å². The summed E-state index contributed by atoms with van der Waals surface area (Å²) in [6.45, 7) is 1.82. The highest BCUT2D eigenvalue weighted by molar-refractivity contribution is 5.98. The molecule has 5 nitrogen and oxygen atoms in total. The highest BCUT2D eigenvalue weighted by Crippen LogP contribution is 2.23. The van der Waals surface area contributed by atoms with E-state index < -0.39 is 0 Å². The van der Waals surface area contributed by atoms with E-state index >= 15 is 0 Å². The van der Waals surface area contributed by atoms with E-state index in [0.717, 1.165) is 24.3 Å². The van der Waals surface area contributed by atoms with Crippen LogP contribution in [0.2, 0.25) is 0 Å². The molecule has 0 bridgehead atoms. The van der Waals surface area contributed by atoms with Gasteiger partial charge in [0.2, 0.25) is 5.91 Å². The van der Waals surface area contributed by atoms with Gasteiger partial charge in [-0.3, -0.25) is 9.59 Å². The topological polar surface area (TPSA) is 55.8 Å². The van der Waals surface area contributed by atoms with Gasteiger partial charge in [0.15, 0.2) is 5.78 Å². The van der Waals surface area contributed by atoms with Crippen LogP contribution in [0.3, 0.4) is 0 Å². The lowest BCUT2D eigenvalue weighted by Crippen LogP contribution is -2.40. The molecule has 0 unspecified atom stereocenters. The maximum Gasteiger partial charge on any atom is 0.222 e. The lowest BCUT2D eigenvalue weighted by Gasteiger charge is -2.31. The largest absolute Gasteiger partial charge is 0.497 e. The van der Waals surface area contributed by atoms with E-state index in [9.17, 15) is 9.59 Å². The normalized spacial score (nSPS) is 14.5. The number of piperidine rings is 1. The molecular formula is C23H27NO4. The highest BCUT2D eigenvalue weighted by atomic mass is 16.5. The molecule has 3 rings (SSSR count). The first-order valence-electron chi connectivity index (χ1n) is 9.81. The molecule has 148 valence electrons. The van der Waals surface area contributed by atoms with E-state index in [2.05, 4.69) is 0 Å². The van der Waals surface area contributed by atoms with Crippen molar-refractivity contribution in [3.8, 4) is 11.5 Å². The summed E-state index contributed by atoms with van der Waals surface area (Å²) in [5.41, 5.74) is 0.712. The molecule has 2 aromatic rings. The molecule has 2 aromatic carbocycles. The second kappa shape index (κ2) is 9.93. The Morgan fingerprint density at radius 1 is 0.964 bits per heavy atom. The number of para-hydroxylation sites is 1. The Morgan fingerprint density at radius 3 is 2.29 bits per heavy atom. The number of benzene rings is 2. The Balaban J connectivity index is 1.39. The first-order chi connectivity index (χ1) is 13.7. The van der Waals surface area contributed by atoms with Crippen LogP contribution in [-0.2, 0) is 4.79 Å². The van der Waals surface area contributed by atoms with Gasteiger partial charge in [0, 0.05) is 31.0 Å². The second-order valence-electron chi connectivity index (χ2n) is 7.01. The van der Waals surface area contributed by atoms with Gasteiger partial charge in [-0.1, -0.05) is 18.2 Å². The van der Waals surface area contributed by atoms with Crippen molar-refractivity contribution in [2.45, 2.75) is 25.7 Å². The number of methoxy groups -OCH3 is 1. The summed E-state index contributed by atoms with van der Waals surface area (Å²) in [5.74, 6) is 1.86. The van der Waals surface area contributed by atoms with E-state index in [1.807, 2.05) is 59.5 Å². The minimum atomic E-state index is -0.0149. The molecule has 0 saturated carbocycles. The third kappa shape index (κ3) is 5.35. The first-order valence-corrected chi connectivity index (χ1v) is 9.81. The number of carbonyl (C=O) groups excluding carboxylic acids is 2. The maximum atomic E-state index is 12.7. The summed E-state index contributed by atoms with van der Waals surface area (Å²) < 4.78 is 10.8. The average Bonchev–Trinajstić information content (AvgIpc) is 2.77. The number of amides is 1. The molecule has 0 spiro atoms. The Hall–Kier alpha value is -2.82. The number of likely N-dealkylation sites (tertiary alicyclic amines) is 1. The van der Waals surface area contributed by atoms with Crippen molar-refractivity contribution in [1.29, 1.82) is 0 Å². The minimum Gasteiger partial charge on any atom is -0.497 e. The molecule has 1 aliphatic rings. The first kappa shape index (κ1) is 19.9. The molecule has 1 aliphatic heterocycles. The fraction of sp³-hybridized carbons (Fsp3) is 0.391. The number of ether oxygens (including phenoxy) is 2. The molecule has 0 N–H and O–H groups in total. The third-order valence-corrected chi connectivity index (χ3v) is 5.14. The zero-order valence-electron chi connectivity index (χ0n) is 16.3. The molecule has 1 amide bonds.